The van der Waals surface area contributed by atoms with Gasteiger partial charge in [-0.05, 0) is 63.5 Å². The summed E-state index contributed by atoms with van der Waals surface area (Å²) in [6.45, 7) is 4.44. The Morgan fingerprint density at radius 3 is 2.26 bits per heavy atom. The summed E-state index contributed by atoms with van der Waals surface area (Å²) in [5.41, 5.74) is 0. The smallest absolute Gasteiger partial charge is 0.220 e. The van der Waals surface area contributed by atoms with Gasteiger partial charge >= 0.3 is 0 Å². The standard InChI is InChI=1S/C15H28N2O.ClH/c1-2-12-3-5-14(6-4-12)17-15(18)11-13-7-9-16-10-8-13;/h12-14,16H,2-11H2,1H3,(H,17,18);1H. The van der Waals surface area contributed by atoms with Crippen LogP contribution in [0.5, 0.6) is 0 Å². The van der Waals surface area contributed by atoms with E-state index < -0.39 is 0 Å². The highest BCUT2D eigenvalue weighted by atomic mass is 35.5. The van der Waals surface area contributed by atoms with Crippen molar-refractivity contribution in [1.29, 1.82) is 0 Å². The van der Waals surface area contributed by atoms with Crippen LogP contribution in [0.15, 0.2) is 0 Å². The minimum absolute atomic E-state index is 0. The Kier molecular flexibility index (Phi) is 7.77. The molecule has 2 aliphatic rings. The highest BCUT2D eigenvalue weighted by molar-refractivity contribution is 5.85. The molecule has 2 rings (SSSR count). The fraction of sp³-hybridized carbons (Fsp3) is 0.933. The van der Waals surface area contributed by atoms with Crippen LogP contribution in [0.25, 0.3) is 0 Å². The molecular weight excluding hydrogens is 260 g/mol. The van der Waals surface area contributed by atoms with Gasteiger partial charge in [0.1, 0.15) is 0 Å². The number of hydrogen-bond donors (Lipinski definition) is 2. The van der Waals surface area contributed by atoms with Crippen LogP contribution in [0.4, 0.5) is 0 Å². The zero-order valence-electron chi connectivity index (χ0n) is 12.1. The number of carbonyl (C=O) groups excluding carboxylic acids is 1. The van der Waals surface area contributed by atoms with Crippen molar-refractivity contribution < 1.29 is 4.79 Å². The molecule has 0 spiro atoms. The third kappa shape index (κ3) is 5.70. The Morgan fingerprint density at radius 1 is 1.05 bits per heavy atom. The lowest BCUT2D eigenvalue weighted by Crippen LogP contribution is -2.39. The summed E-state index contributed by atoms with van der Waals surface area (Å²) in [5.74, 6) is 1.81. The first kappa shape index (κ1) is 16.8. The van der Waals surface area contributed by atoms with Crippen LogP contribution in [0.2, 0.25) is 0 Å². The van der Waals surface area contributed by atoms with E-state index in [-0.39, 0.29) is 12.4 Å². The first-order valence-corrected chi connectivity index (χ1v) is 7.78. The number of nitrogens with one attached hydrogen (secondary N) is 2. The lowest BCUT2D eigenvalue weighted by atomic mass is 9.84. The lowest BCUT2D eigenvalue weighted by molar-refractivity contribution is -0.123. The molecule has 1 saturated carbocycles. The molecule has 0 radical (unpaired) electrons. The van der Waals surface area contributed by atoms with E-state index in [2.05, 4.69) is 17.6 Å². The van der Waals surface area contributed by atoms with Crippen molar-refractivity contribution in [3.63, 3.8) is 0 Å². The van der Waals surface area contributed by atoms with Gasteiger partial charge < -0.3 is 10.6 Å². The Morgan fingerprint density at radius 2 is 1.68 bits per heavy atom. The van der Waals surface area contributed by atoms with Gasteiger partial charge in [-0.3, -0.25) is 4.79 Å². The molecule has 2 fully saturated rings. The van der Waals surface area contributed by atoms with Gasteiger partial charge in [0, 0.05) is 12.5 Å². The molecule has 0 unspecified atom stereocenters. The molecule has 1 amide bonds. The Labute approximate surface area is 123 Å². The summed E-state index contributed by atoms with van der Waals surface area (Å²) < 4.78 is 0. The second kappa shape index (κ2) is 8.80. The van der Waals surface area contributed by atoms with Crippen LogP contribution >= 0.6 is 12.4 Å². The summed E-state index contributed by atoms with van der Waals surface area (Å²) in [7, 11) is 0. The first-order valence-electron chi connectivity index (χ1n) is 7.78. The van der Waals surface area contributed by atoms with Crippen molar-refractivity contribution in [2.24, 2.45) is 11.8 Å². The summed E-state index contributed by atoms with van der Waals surface area (Å²) in [6.07, 6.45) is 9.35. The second-order valence-electron chi connectivity index (χ2n) is 6.09. The van der Waals surface area contributed by atoms with E-state index in [1.165, 1.54) is 32.1 Å². The third-order valence-electron chi connectivity index (χ3n) is 4.72. The number of carbonyl (C=O) groups is 1. The highest BCUT2D eigenvalue weighted by Gasteiger charge is 2.23. The molecule has 0 bridgehead atoms. The van der Waals surface area contributed by atoms with Gasteiger partial charge in [0.25, 0.3) is 0 Å². The zero-order chi connectivity index (χ0) is 12.8. The Balaban J connectivity index is 0.00000180. The van der Waals surface area contributed by atoms with Crippen molar-refractivity contribution >= 4 is 18.3 Å². The van der Waals surface area contributed by atoms with Gasteiger partial charge in [-0.1, -0.05) is 13.3 Å². The predicted octanol–water partition coefficient (Wildman–Crippen LogP) is 2.88. The minimum Gasteiger partial charge on any atom is -0.353 e. The quantitative estimate of drug-likeness (QED) is 0.835. The first-order chi connectivity index (χ1) is 8.78. The van der Waals surface area contributed by atoms with Gasteiger partial charge in [0.05, 0.1) is 0 Å². The lowest BCUT2D eigenvalue weighted by Gasteiger charge is -2.29. The molecule has 2 N–H and O–H groups in total. The van der Waals surface area contributed by atoms with Gasteiger partial charge in [-0.15, -0.1) is 12.4 Å². The number of amides is 1. The number of halogens is 1. The summed E-state index contributed by atoms with van der Waals surface area (Å²) in [6, 6.07) is 0.460. The maximum Gasteiger partial charge on any atom is 0.220 e. The SMILES string of the molecule is CCC1CCC(NC(=O)CC2CCNCC2)CC1.Cl. The van der Waals surface area contributed by atoms with Crippen LogP contribution < -0.4 is 10.6 Å². The maximum atomic E-state index is 12.0. The number of piperidine rings is 1. The van der Waals surface area contributed by atoms with Crippen molar-refractivity contribution in [2.75, 3.05) is 13.1 Å². The van der Waals surface area contributed by atoms with Gasteiger partial charge in [-0.25, -0.2) is 0 Å². The van der Waals surface area contributed by atoms with E-state index in [0.717, 1.165) is 38.3 Å². The second-order valence-corrected chi connectivity index (χ2v) is 6.09. The van der Waals surface area contributed by atoms with Crippen molar-refractivity contribution in [1.82, 2.24) is 10.6 Å². The molecule has 3 nitrogen and oxygen atoms in total. The summed E-state index contributed by atoms with van der Waals surface area (Å²) in [5, 5.41) is 6.60. The topological polar surface area (TPSA) is 41.1 Å². The molecule has 1 saturated heterocycles. The van der Waals surface area contributed by atoms with Crippen LogP contribution in [-0.4, -0.2) is 25.0 Å². The number of hydrogen-bond acceptors (Lipinski definition) is 2. The van der Waals surface area contributed by atoms with E-state index in [1.807, 2.05) is 0 Å². The van der Waals surface area contributed by atoms with Gasteiger partial charge in [-0.2, -0.15) is 0 Å². The molecule has 1 heterocycles. The van der Waals surface area contributed by atoms with E-state index in [4.69, 9.17) is 0 Å². The Hall–Kier alpha value is -0.280. The molecule has 0 aromatic heterocycles. The summed E-state index contributed by atoms with van der Waals surface area (Å²) >= 11 is 0. The van der Waals surface area contributed by atoms with E-state index in [0.29, 0.717) is 17.9 Å². The van der Waals surface area contributed by atoms with Crippen molar-refractivity contribution in [3.05, 3.63) is 0 Å². The maximum absolute atomic E-state index is 12.0. The monoisotopic (exact) mass is 288 g/mol. The molecule has 4 heteroatoms. The fourth-order valence-electron chi connectivity index (χ4n) is 3.35. The third-order valence-corrected chi connectivity index (χ3v) is 4.72. The largest absolute Gasteiger partial charge is 0.353 e. The van der Waals surface area contributed by atoms with Crippen LogP contribution in [0.1, 0.15) is 58.3 Å². The zero-order valence-corrected chi connectivity index (χ0v) is 12.9. The average molecular weight is 289 g/mol. The molecule has 19 heavy (non-hydrogen) atoms. The minimum atomic E-state index is 0. The van der Waals surface area contributed by atoms with Crippen molar-refractivity contribution in [3.8, 4) is 0 Å². The highest BCUT2D eigenvalue weighted by Crippen LogP contribution is 2.26. The Bertz CT molecular complexity index is 259. The molecular formula is C15H29ClN2O. The molecule has 112 valence electrons. The molecule has 0 aromatic rings. The average Bonchev–Trinajstić information content (AvgIpc) is 2.40. The van der Waals surface area contributed by atoms with Crippen LogP contribution in [0.3, 0.4) is 0 Å². The van der Waals surface area contributed by atoms with Crippen LogP contribution in [0, 0.1) is 11.8 Å². The fourth-order valence-corrected chi connectivity index (χ4v) is 3.35. The van der Waals surface area contributed by atoms with E-state index >= 15 is 0 Å². The predicted molar refractivity (Wildman–Crippen MR) is 81.6 cm³/mol. The van der Waals surface area contributed by atoms with E-state index in [1.54, 1.807) is 0 Å². The van der Waals surface area contributed by atoms with Crippen LogP contribution in [-0.2, 0) is 4.79 Å². The summed E-state index contributed by atoms with van der Waals surface area (Å²) in [4.78, 5) is 12.0. The molecule has 1 aliphatic carbocycles. The van der Waals surface area contributed by atoms with Gasteiger partial charge in [0.15, 0.2) is 0 Å². The van der Waals surface area contributed by atoms with Gasteiger partial charge in [0.2, 0.25) is 5.91 Å². The molecule has 1 aliphatic heterocycles. The normalized spacial score (nSPS) is 28.5. The molecule has 0 atom stereocenters. The number of rotatable bonds is 4. The molecule has 0 aromatic carbocycles. The van der Waals surface area contributed by atoms with Crippen molar-refractivity contribution in [2.45, 2.75) is 64.3 Å². The van der Waals surface area contributed by atoms with E-state index in [9.17, 15) is 4.79 Å².